The van der Waals surface area contributed by atoms with Crippen LogP contribution in [0.5, 0.6) is 5.75 Å². The average molecular weight is 432 g/mol. The Kier molecular flexibility index (Phi) is 8.40. The largest absolute Gasteiger partial charge is 0.492 e. The lowest BCUT2D eigenvalue weighted by Gasteiger charge is -2.18. The van der Waals surface area contributed by atoms with E-state index in [0.29, 0.717) is 24.4 Å². The first kappa shape index (κ1) is 23.0. The number of nitrogens with one attached hydrogen (secondary N) is 2. The van der Waals surface area contributed by atoms with Crippen molar-refractivity contribution in [2.24, 2.45) is 0 Å². The Morgan fingerprint density at radius 3 is 2.25 bits per heavy atom. The molecular formula is C26H29N3O3. The van der Waals surface area contributed by atoms with Crippen molar-refractivity contribution in [3.63, 3.8) is 0 Å². The molecule has 32 heavy (non-hydrogen) atoms. The van der Waals surface area contributed by atoms with Gasteiger partial charge in [0.25, 0.3) is 5.91 Å². The summed E-state index contributed by atoms with van der Waals surface area (Å²) in [5.41, 5.74) is 1.93. The van der Waals surface area contributed by atoms with Gasteiger partial charge in [0.1, 0.15) is 12.4 Å². The Hall–Kier alpha value is -3.64. The van der Waals surface area contributed by atoms with E-state index in [4.69, 9.17) is 4.74 Å². The smallest absolute Gasteiger partial charge is 0.253 e. The normalized spacial score (nSPS) is 11.6. The number of benzene rings is 3. The zero-order chi connectivity index (χ0) is 22.8. The van der Waals surface area contributed by atoms with Gasteiger partial charge in [0, 0.05) is 6.54 Å². The molecule has 3 rings (SSSR count). The Balaban J connectivity index is 1.52. The van der Waals surface area contributed by atoms with Crippen LogP contribution in [-0.2, 0) is 4.79 Å². The molecule has 3 aromatic rings. The van der Waals surface area contributed by atoms with E-state index in [-0.39, 0.29) is 24.4 Å². The van der Waals surface area contributed by atoms with E-state index in [1.807, 2.05) is 79.5 Å². The molecule has 0 spiro atoms. The second-order valence-corrected chi connectivity index (χ2v) is 7.60. The van der Waals surface area contributed by atoms with E-state index >= 15 is 0 Å². The van der Waals surface area contributed by atoms with E-state index < -0.39 is 0 Å². The third kappa shape index (κ3) is 6.96. The van der Waals surface area contributed by atoms with Crippen molar-refractivity contribution in [1.82, 2.24) is 10.2 Å². The Labute approximate surface area is 189 Å². The van der Waals surface area contributed by atoms with Crippen LogP contribution in [-0.4, -0.2) is 43.5 Å². The molecule has 6 heteroatoms. The second kappa shape index (κ2) is 11.7. The number of carbonyl (C=O) groups is 2. The van der Waals surface area contributed by atoms with Crippen molar-refractivity contribution in [2.75, 3.05) is 32.1 Å². The highest BCUT2D eigenvalue weighted by Gasteiger charge is 2.16. The summed E-state index contributed by atoms with van der Waals surface area (Å²) in [6.45, 7) is 3.19. The van der Waals surface area contributed by atoms with Crippen LogP contribution in [0.15, 0.2) is 84.9 Å². The van der Waals surface area contributed by atoms with Gasteiger partial charge in [0.05, 0.1) is 23.8 Å². The van der Waals surface area contributed by atoms with Gasteiger partial charge in [-0.15, -0.1) is 0 Å². The predicted molar refractivity (Wildman–Crippen MR) is 127 cm³/mol. The van der Waals surface area contributed by atoms with E-state index in [1.54, 1.807) is 24.3 Å². The maximum Gasteiger partial charge on any atom is 0.253 e. The molecule has 3 aromatic carbocycles. The molecule has 0 radical (unpaired) electrons. The van der Waals surface area contributed by atoms with E-state index in [9.17, 15) is 9.59 Å². The number of nitrogens with zero attached hydrogens (tertiary/aromatic N) is 1. The average Bonchev–Trinajstić information content (AvgIpc) is 2.80. The number of ether oxygens (including phenoxy) is 1. The van der Waals surface area contributed by atoms with Gasteiger partial charge in [-0.2, -0.15) is 0 Å². The minimum Gasteiger partial charge on any atom is -0.492 e. The molecule has 6 nitrogen and oxygen atoms in total. The first-order valence-electron chi connectivity index (χ1n) is 10.6. The minimum atomic E-state index is -0.234. The van der Waals surface area contributed by atoms with Crippen LogP contribution < -0.4 is 15.4 Å². The minimum absolute atomic E-state index is 0.150. The third-order valence-corrected chi connectivity index (χ3v) is 4.99. The number of anilines is 1. The number of hydrogen-bond donors (Lipinski definition) is 2. The number of carbonyl (C=O) groups excluding carboxylic acids is 2. The van der Waals surface area contributed by atoms with Crippen LogP contribution in [0.1, 0.15) is 28.9 Å². The maximum atomic E-state index is 12.8. The van der Waals surface area contributed by atoms with Crippen LogP contribution in [0.2, 0.25) is 0 Å². The summed E-state index contributed by atoms with van der Waals surface area (Å²) in [4.78, 5) is 27.3. The molecule has 0 saturated carbocycles. The summed E-state index contributed by atoms with van der Waals surface area (Å²) in [6.07, 6.45) is 0. The molecule has 0 aliphatic heterocycles. The highest BCUT2D eigenvalue weighted by atomic mass is 16.5. The number of para-hydroxylation sites is 2. The molecule has 1 atom stereocenters. The van der Waals surface area contributed by atoms with Gasteiger partial charge >= 0.3 is 0 Å². The zero-order valence-electron chi connectivity index (χ0n) is 18.5. The van der Waals surface area contributed by atoms with Crippen LogP contribution in [0.3, 0.4) is 0 Å². The molecule has 166 valence electrons. The van der Waals surface area contributed by atoms with Crippen LogP contribution in [0.4, 0.5) is 5.69 Å². The number of hydrogen-bond acceptors (Lipinski definition) is 4. The van der Waals surface area contributed by atoms with Crippen LogP contribution in [0.25, 0.3) is 0 Å². The quantitative estimate of drug-likeness (QED) is 0.506. The summed E-state index contributed by atoms with van der Waals surface area (Å²) >= 11 is 0. The van der Waals surface area contributed by atoms with Gasteiger partial charge in [-0.1, -0.05) is 60.7 Å². The topological polar surface area (TPSA) is 70.7 Å². The first-order chi connectivity index (χ1) is 15.5. The van der Waals surface area contributed by atoms with Gasteiger partial charge in [-0.3, -0.25) is 14.5 Å². The maximum absolute atomic E-state index is 12.8. The molecule has 1 unspecified atom stereocenters. The number of rotatable bonds is 10. The lowest BCUT2D eigenvalue weighted by molar-refractivity contribution is -0.117. The summed E-state index contributed by atoms with van der Waals surface area (Å²) < 4.78 is 5.67. The summed E-state index contributed by atoms with van der Waals surface area (Å²) in [7, 11) is 1.86. The van der Waals surface area contributed by atoms with Crippen molar-refractivity contribution < 1.29 is 14.3 Å². The SMILES string of the molecule is CC(NC(=O)c1ccccc1NC(=O)CN(C)CCOc1ccccc1)c1ccccc1. The van der Waals surface area contributed by atoms with Crippen molar-refractivity contribution >= 4 is 17.5 Å². The first-order valence-corrected chi connectivity index (χ1v) is 10.6. The lowest BCUT2D eigenvalue weighted by atomic mass is 10.1. The standard InChI is InChI=1S/C26H29N3O3/c1-20(21-11-5-3-6-12-21)27-26(31)23-15-9-10-16-24(23)28-25(30)19-29(2)17-18-32-22-13-7-4-8-14-22/h3-16,20H,17-19H2,1-2H3,(H,27,31)(H,28,30). The molecule has 0 aliphatic carbocycles. The fraction of sp³-hybridized carbons (Fsp3) is 0.231. The summed E-state index contributed by atoms with van der Waals surface area (Å²) in [5.74, 6) is 0.375. The Morgan fingerprint density at radius 1 is 0.906 bits per heavy atom. The molecular weight excluding hydrogens is 402 g/mol. The highest BCUT2D eigenvalue weighted by Crippen LogP contribution is 2.18. The molecule has 0 aliphatic rings. The summed E-state index contributed by atoms with van der Waals surface area (Å²) in [5, 5.41) is 5.85. The molecule has 0 aromatic heterocycles. The fourth-order valence-electron chi connectivity index (χ4n) is 3.24. The van der Waals surface area contributed by atoms with E-state index in [2.05, 4.69) is 10.6 Å². The van der Waals surface area contributed by atoms with Gasteiger partial charge < -0.3 is 15.4 Å². The van der Waals surface area contributed by atoms with Gasteiger partial charge in [0.2, 0.25) is 5.91 Å². The molecule has 0 heterocycles. The van der Waals surface area contributed by atoms with Crippen LogP contribution in [0, 0.1) is 0 Å². The van der Waals surface area contributed by atoms with E-state index in [1.165, 1.54) is 0 Å². The van der Waals surface area contributed by atoms with Crippen LogP contribution >= 0.6 is 0 Å². The highest BCUT2D eigenvalue weighted by molar-refractivity contribution is 6.04. The molecule has 2 amide bonds. The second-order valence-electron chi connectivity index (χ2n) is 7.60. The molecule has 2 N–H and O–H groups in total. The zero-order valence-corrected chi connectivity index (χ0v) is 18.5. The van der Waals surface area contributed by atoms with Crippen molar-refractivity contribution in [3.8, 4) is 5.75 Å². The fourth-order valence-corrected chi connectivity index (χ4v) is 3.24. The van der Waals surface area contributed by atoms with Gasteiger partial charge in [-0.05, 0) is 43.8 Å². The number of amides is 2. The Morgan fingerprint density at radius 2 is 1.53 bits per heavy atom. The van der Waals surface area contributed by atoms with Gasteiger partial charge in [-0.25, -0.2) is 0 Å². The van der Waals surface area contributed by atoms with E-state index in [0.717, 1.165) is 11.3 Å². The van der Waals surface area contributed by atoms with Gasteiger partial charge in [0.15, 0.2) is 0 Å². The van der Waals surface area contributed by atoms with Crippen molar-refractivity contribution in [1.29, 1.82) is 0 Å². The predicted octanol–water partition coefficient (Wildman–Crippen LogP) is 4.13. The monoisotopic (exact) mass is 431 g/mol. The molecule has 0 fully saturated rings. The molecule has 0 saturated heterocycles. The van der Waals surface area contributed by atoms with Crippen molar-refractivity contribution in [3.05, 3.63) is 96.1 Å². The van der Waals surface area contributed by atoms with Crippen molar-refractivity contribution in [2.45, 2.75) is 13.0 Å². The molecule has 0 bridgehead atoms. The Bertz CT molecular complexity index is 1010. The third-order valence-electron chi connectivity index (χ3n) is 4.99. The lowest BCUT2D eigenvalue weighted by Crippen LogP contribution is -2.34. The number of likely N-dealkylation sites (N-methyl/N-ethyl adjacent to an activating group) is 1. The summed E-state index contributed by atoms with van der Waals surface area (Å²) in [6, 6.07) is 26.2.